The van der Waals surface area contributed by atoms with Crippen LogP contribution in [-0.4, -0.2) is 43.7 Å². The Morgan fingerprint density at radius 3 is 2.37 bits per heavy atom. The molecular formula is C25H24BrFN4O3S. The SMILES string of the molecule is Cc1c(OC(C)Cc2cnc(-n3c(C)ccc3C)nc2)cc(/C=C2\SC(=O)N(C)C2=O)c(Br)c1F. The second-order valence-corrected chi connectivity index (χ2v) is 10.2. The zero-order valence-corrected chi connectivity index (χ0v) is 22.3. The Bertz CT molecular complexity index is 1330. The third kappa shape index (κ3) is 5.04. The topological polar surface area (TPSA) is 77.3 Å². The molecule has 1 aromatic carbocycles. The Morgan fingerprint density at radius 1 is 1.17 bits per heavy atom. The lowest BCUT2D eigenvalue weighted by Crippen LogP contribution is -2.22. The van der Waals surface area contributed by atoms with Gasteiger partial charge in [0.2, 0.25) is 5.95 Å². The second kappa shape index (κ2) is 9.94. The maximum absolute atomic E-state index is 15.0. The van der Waals surface area contributed by atoms with Gasteiger partial charge in [0, 0.05) is 42.8 Å². The van der Waals surface area contributed by atoms with Crippen LogP contribution in [0.3, 0.4) is 0 Å². The van der Waals surface area contributed by atoms with Crippen LogP contribution < -0.4 is 4.74 Å². The van der Waals surface area contributed by atoms with Gasteiger partial charge in [0.1, 0.15) is 17.7 Å². The summed E-state index contributed by atoms with van der Waals surface area (Å²) in [6.45, 7) is 7.52. The third-order valence-corrected chi connectivity index (χ3v) is 7.49. The fraction of sp³-hybridized carbons (Fsp3) is 0.280. The number of carbonyl (C=O) groups excluding carboxylic acids is 2. The molecule has 1 atom stereocenters. The normalized spacial score (nSPS) is 15.9. The molecular weight excluding hydrogens is 535 g/mol. The number of imide groups is 1. The van der Waals surface area contributed by atoms with Crippen molar-refractivity contribution in [1.82, 2.24) is 19.4 Å². The molecule has 1 aliphatic heterocycles. The molecule has 2 aromatic heterocycles. The Balaban J connectivity index is 1.53. The van der Waals surface area contributed by atoms with E-state index in [0.717, 1.165) is 33.6 Å². The number of amides is 2. The van der Waals surface area contributed by atoms with Crippen LogP contribution >= 0.6 is 27.7 Å². The highest BCUT2D eigenvalue weighted by Gasteiger charge is 2.32. The van der Waals surface area contributed by atoms with Crippen molar-refractivity contribution in [2.75, 3.05) is 7.05 Å². The van der Waals surface area contributed by atoms with E-state index in [1.54, 1.807) is 25.4 Å². The molecule has 7 nitrogen and oxygen atoms in total. The van der Waals surface area contributed by atoms with Crippen LogP contribution in [0.1, 0.15) is 35.0 Å². The number of thioether (sulfide) groups is 1. The largest absolute Gasteiger partial charge is 0.490 e. The molecule has 1 fully saturated rings. The summed E-state index contributed by atoms with van der Waals surface area (Å²) >= 11 is 4.08. The zero-order chi connectivity index (χ0) is 25.4. The van der Waals surface area contributed by atoms with Gasteiger partial charge in [0.25, 0.3) is 11.1 Å². The Kier molecular flexibility index (Phi) is 7.14. The lowest BCUT2D eigenvalue weighted by atomic mass is 10.1. The molecule has 4 rings (SSSR count). The van der Waals surface area contributed by atoms with Crippen LogP contribution in [0, 0.1) is 26.6 Å². The van der Waals surface area contributed by atoms with Crippen molar-refractivity contribution in [1.29, 1.82) is 0 Å². The van der Waals surface area contributed by atoms with E-state index >= 15 is 0 Å². The number of hydrogen-bond acceptors (Lipinski definition) is 6. The number of hydrogen-bond donors (Lipinski definition) is 0. The fourth-order valence-electron chi connectivity index (χ4n) is 3.77. The highest BCUT2D eigenvalue weighted by molar-refractivity contribution is 9.10. The van der Waals surface area contributed by atoms with Crippen molar-refractivity contribution in [3.8, 4) is 11.7 Å². The van der Waals surface area contributed by atoms with Gasteiger partial charge in [-0.15, -0.1) is 0 Å². The molecule has 3 heterocycles. The summed E-state index contributed by atoms with van der Waals surface area (Å²) in [5, 5.41) is -0.370. The minimum atomic E-state index is -0.484. The van der Waals surface area contributed by atoms with Gasteiger partial charge in [-0.05, 0) is 90.8 Å². The molecule has 2 amide bonds. The lowest BCUT2D eigenvalue weighted by molar-refractivity contribution is -0.121. The summed E-state index contributed by atoms with van der Waals surface area (Å²) in [5.41, 5.74) is 3.75. The molecule has 1 aliphatic rings. The highest BCUT2D eigenvalue weighted by Crippen LogP contribution is 2.37. The molecule has 1 unspecified atom stereocenters. The van der Waals surface area contributed by atoms with Crippen molar-refractivity contribution >= 4 is 44.9 Å². The van der Waals surface area contributed by atoms with Gasteiger partial charge >= 0.3 is 0 Å². The summed E-state index contributed by atoms with van der Waals surface area (Å²) in [7, 11) is 1.41. The first-order valence-corrected chi connectivity index (χ1v) is 12.5. The molecule has 0 spiro atoms. The number of rotatable bonds is 6. The third-order valence-electron chi connectivity index (χ3n) is 5.72. The first-order valence-electron chi connectivity index (χ1n) is 10.9. The molecule has 0 aliphatic carbocycles. The number of ether oxygens (including phenoxy) is 1. The zero-order valence-electron chi connectivity index (χ0n) is 19.9. The van der Waals surface area contributed by atoms with Gasteiger partial charge in [-0.3, -0.25) is 19.1 Å². The first kappa shape index (κ1) is 25.1. The van der Waals surface area contributed by atoms with Crippen LogP contribution in [0.2, 0.25) is 0 Å². The number of carbonyl (C=O) groups is 2. The Morgan fingerprint density at radius 2 is 1.80 bits per heavy atom. The minimum absolute atomic E-state index is 0.206. The number of aromatic nitrogens is 3. The maximum Gasteiger partial charge on any atom is 0.293 e. The minimum Gasteiger partial charge on any atom is -0.490 e. The summed E-state index contributed by atoms with van der Waals surface area (Å²) in [6.07, 6.45) is 5.25. The number of likely N-dealkylation sites (N-methyl/N-ethyl adjacent to an activating group) is 1. The van der Waals surface area contributed by atoms with Crippen molar-refractivity contribution in [3.05, 3.63) is 73.9 Å². The molecule has 0 radical (unpaired) electrons. The molecule has 35 heavy (non-hydrogen) atoms. The average molecular weight is 559 g/mol. The average Bonchev–Trinajstić information content (AvgIpc) is 3.28. The smallest absolute Gasteiger partial charge is 0.293 e. The molecule has 0 saturated carbocycles. The molecule has 0 N–H and O–H groups in total. The number of aryl methyl sites for hydroxylation is 2. The van der Waals surface area contributed by atoms with Crippen molar-refractivity contribution in [2.24, 2.45) is 0 Å². The Hall–Kier alpha value is -2.98. The van der Waals surface area contributed by atoms with E-state index < -0.39 is 11.7 Å². The van der Waals surface area contributed by atoms with E-state index in [1.165, 1.54) is 13.1 Å². The van der Waals surface area contributed by atoms with Gasteiger partial charge in [-0.25, -0.2) is 14.4 Å². The van der Waals surface area contributed by atoms with Crippen LogP contribution in [0.4, 0.5) is 9.18 Å². The summed E-state index contributed by atoms with van der Waals surface area (Å²) < 4.78 is 23.2. The molecule has 182 valence electrons. The van der Waals surface area contributed by atoms with Crippen LogP contribution in [-0.2, 0) is 11.2 Å². The van der Waals surface area contributed by atoms with Gasteiger partial charge in [0.05, 0.1) is 9.38 Å². The predicted molar refractivity (Wildman–Crippen MR) is 137 cm³/mol. The maximum atomic E-state index is 15.0. The van der Waals surface area contributed by atoms with E-state index in [-0.39, 0.29) is 20.7 Å². The van der Waals surface area contributed by atoms with Crippen molar-refractivity contribution < 1.29 is 18.7 Å². The number of benzene rings is 1. The summed E-state index contributed by atoms with van der Waals surface area (Å²) in [6, 6.07) is 5.70. The number of nitrogens with zero attached hydrogens (tertiary/aromatic N) is 4. The van der Waals surface area contributed by atoms with Crippen molar-refractivity contribution in [3.63, 3.8) is 0 Å². The van der Waals surface area contributed by atoms with E-state index in [0.29, 0.717) is 29.2 Å². The van der Waals surface area contributed by atoms with Gasteiger partial charge in [-0.1, -0.05) is 0 Å². The summed E-state index contributed by atoms with van der Waals surface area (Å²) in [5.74, 6) is 0.0601. The quantitative estimate of drug-likeness (QED) is 0.357. The van der Waals surface area contributed by atoms with E-state index in [2.05, 4.69) is 25.9 Å². The first-order chi connectivity index (χ1) is 16.6. The molecule has 10 heteroatoms. The molecule has 0 bridgehead atoms. The van der Waals surface area contributed by atoms with Crippen molar-refractivity contribution in [2.45, 2.75) is 40.2 Å². The van der Waals surface area contributed by atoms with Gasteiger partial charge < -0.3 is 4.74 Å². The molecule has 1 saturated heterocycles. The van der Waals surface area contributed by atoms with Gasteiger partial charge in [0.15, 0.2) is 0 Å². The van der Waals surface area contributed by atoms with Crippen LogP contribution in [0.15, 0.2) is 40.0 Å². The van der Waals surface area contributed by atoms with Gasteiger partial charge in [-0.2, -0.15) is 0 Å². The van der Waals surface area contributed by atoms with E-state index in [9.17, 15) is 14.0 Å². The predicted octanol–water partition coefficient (Wildman–Crippen LogP) is 5.77. The number of halogens is 2. The van der Waals surface area contributed by atoms with Crippen LogP contribution in [0.5, 0.6) is 5.75 Å². The lowest BCUT2D eigenvalue weighted by Gasteiger charge is -2.18. The highest BCUT2D eigenvalue weighted by atomic mass is 79.9. The van der Waals surface area contributed by atoms with E-state index in [1.807, 2.05) is 37.5 Å². The Labute approximate surface area is 215 Å². The molecule has 3 aromatic rings. The fourth-order valence-corrected chi connectivity index (χ4v) is 5.11. The monoisotopic (exact) mass is 558 g/mol. The standard InChI is InChI=1S/C25H24BrFN4O3S/c1-13-6-7-14(2)31(13)24-28-11-17(12-29-24)8-15(3)34-19-9-18(21(26)22(27)16(19)4)10-20-23(32)30(5)25(33)35-20/h6-7,9-12,15H,8H2,1-5H3/b20-10-. The van der Waals surface area contributed by atoms with Crippen LogP contribution in [0.25, 0.3) is 12.0 Å². The summed E-state index contributed by atoms with van der Waals surface area (Å²) in [4.78, 5) is 34.3. The second-order valence-electron chi connectivity index (χ2n) is 8.43. The van der Waals surface area contributed by atoms with E-state index in [4.69, 9.17) is 4.74 Å².